The SMILES string of the molecule is CC(F)NC1CNC1. The summed E-state index contributed by atoms with van der Waals surface area (Å²) >= 11 is 0. The van der Waals surface area contributed by atoms with Gasteiger partial charge in [-0.15, -0.1) is 0 Å². The molecule has 0 bridgehead atoms. The Morgan fingerprint density at radius 2 is 2.38 bits per heavy atom. The Labute approximate surface area is 48.5 Å². The molecule has 2 nitrogen and oxygen atoms in total. The van der Waals surface area contributed by atoms with Crippen LogP contribution in [-0.4, -0.2) is 25.4 Å². The molecule has 0 saturated carbocycles. The number of rotatable bonds is 2. The monoisotopic (exact) mass is 118 g/mol. The van der Waals surface area contributed by atoms with Gasteiger partial charge in [0.2, 0.25) is 0 Å². The van der Waals surface area contributed by atoms with E-state index in [1.807, 2.05) is 0 Å². The zero-order chi connectivity index (χ0) is 5.98. The first-order valence-electron chi connectivity index (χ1n) is 2.90. The van der Waals surface area contributed by atoms with Crippen molar-refractivity contribution in [2.45, 2.75) is 19.3 Å². The largest absolute Gasteiger partial charge is 0.314 e. The first-order chi connectivity index (χ1) is 3.79. The van der Waals surface area contributed by atoms with Crippen LogP contribution in [0, 0.1) is 0 Å². The van der Waals surface area contributed by atoms with Gasteiger partial charge in [0.25, 0.3) is 0 Å². The van der Waals surface area contributed by atoms with E-state index >= 15 is 0 Å². The molecule has 0 radical (unpaired) electrons. The first kappa shape index (κ1) is 5.98. The first-order valence-corrected chi connectivity index (χ1v) is 2.90. The molecule has 0 aromatic carbocycles. The van der Waals surface area contributed by atoms with Crippen molar-refractivity contribution in [1.82, 2.24) is 10.6 Å². The summed E-state index contributed by atoms with van der Waals surface area (Å²) in [5.74, 6) is 0. The molecule has 1 aliphatic heterocycles. The van der Waals surface area contributed by atoms with Crippen LogP contribution in [0.5, 0.6) is 0 Å². The lowest BCUT2D eigenvalue weighted by Crippen LogP contribution is -2.56. The lowest BCUT2D eigenvalue weighted by atomic mass is 10.2. The molecule has 1 atom stereocenters. The highest BCUT2D eigenvalue weighted by Gasteiger charge is 2.17. The van der Waals surface area contributed by atoms with Crippen LogP contribution >= 0.6 is 0 Å². The van der Waals surface area contributed by atoms with Gasteiger partial charge in [-0.1, -0.05) is 0 Å². The molecule has 1 rings (SSSR count). The van der Waals surface area contributed by atoms with Crippen LogP contribution in [0.2, 0.25) is 0 Å². The maximum Gasteiger partial charge on any atom is 0.148 e. The fourth-order valence-electron chi connectivity index (χ4n) is 0.731. The van der Waals surface area contributed by atoms with Crippen molar-refractivity contribution in [2.75, 3.05) is 13.1 Å². The van der Waals surface area contributed by atoms with Crippen molar-refractivity contribution in [3.8, 4) is 0 Å². The van der Waals surface area contributed by atoms with E-state index in [1.165, 1.54) is 6.92 Å². The topological polar surface area (TPSA) is 24.1 Å². The average molecular weight is 118 g/mol. The van der Waals surface area contributed by atoms with Crippen LogP contribution in [0.3, 0.4) is 0 Å². The van der Waals surface area contributed by atoms with Gasteiger partial charge in [0, 0.05) is 19.1 Å². The molecule has 2 N–H and O–H groups in total. The molecule has 1 saturated heterocycles. The highest BCUT2D eigenvalue weighted by atomic mass is 19.1. The van der Waals surface area contributed by atoms with Gasteiger partial charge in [0.1, 0.15) is 6.30 Å². The Bertz CT molecular complexity index is 70.8. The van der Waals surface area contributed by atoms with Gasteiger partial charge in [-0.2, -0.15) is 0 Å². The van der Waals surface area contributed by atoms with E-state index in [2.05, 4.69) is 10.6 Å². The van der Waals surface area contributed by atoms with Crippen molar-refractivity contribution in [3.63, 3.8) is 0 Å². The second-order valence-electron chi connectivity index (χ2n) is 2.14. The van der Waals surface area contributed by atoms with Gasteiger partial charge < -0.3 is 5.32 Å². The van der Waals surface area contributed by atoms with Crippen LogP contribution in [0.4, 0.5) is 4.39 Å². The maximum absolute atomic E-state index is 12.0. The molecule has 1 unspecified atom stereocenters. The molecule has 0 aromatic heterocycles. The molecule has 0 aliphatic carbocycles. The van der Waals surface area contributed by atoms with Gasteiger partial charge in [-0.3, -0.25) is 5.32 Å². The normalized spacial score (nSPS) is 24.8. The molecule has 1 aliphatic rings. The van der Waals surface area contributed by atoms with E-state index in [0.717, 1.165) is 13.1 Å². The van der Waals surface area contributed by atoms with Crippen molar-refractivity contribution in [2.24, 2.45) is 0 Å². The molecule has 48 valence electrons. The highest BCUT2D eigenvalue weighted by molar-refractivity contribution is 4.81. The van der Waals surface area contributed by atoms with Crippen LogP contribution in [0.1, 0.15) is 6.92 Å². The summed E-state index contributed by atoms with van der Waals surface area (Å²) < 4.78 is 12.0. The summed E-state index contributed by atoms with van der Waals surface area (Å²) in [6, 6.07) is 0.370. The number of halogens is 1. The van der Waals surface area contributed by atoms with Crippen LogP contribution in [0.15, 0.2) is 0 Å². The van der Waals surface area contributed by atoms with Crippen molar-refractivity contribution in [3.05, 3.63) is 0 Å². The molecule has 0 spiro atoms. The number of nitrogens with one attached hydrogen (secondary N) is 2. The van der Waals surface area contributed by atoms with Gasteiger partial charge in [0.05, 0.1) is 0 Å². The Balaban J connectivity index is 2.01. The van der Waals surface area contributed by atoms with Crippen molar-refractivity contribution < 1.29 is 4.39 Å². The third kappa shape index (κ3) is 1.42. The van der Waals surface area contributed by atoms with E-state index < -0.39 is 6.30 Å². The predicted molar refractivity (Wildman–Crippen MR) is 30.4 cm³/mol. The van der Waals surface area contributed by atoms with E-state index in [4.69, 9.17) is 0 Å². The Hall–Kier alpha value is -0.150. The zero-order valence-electron chi connectivity index (χ0n) is 4.95. The Morgan fingerprint density at radius 3 is 2.50 bits per heavy atom. The predicted octanol–water partition coefficient (Wildman–Crippen LogP) is -0.137. The number of hydrogen-bond acceptors (Lipinski definition) is 2. The minimum atomic E-state index is -0.859. The lowest BCUT2D eigenvalue weighted by Gasteiger charge is -2.28. The summed E-state index contributed by atoms with van der Waals surface area (Å²) in [7, 11) is 0. The van der Waals surface area contributed by atoms with Crippen LogP contribution < -0.4 is 10.6 Å². The molecule has 8 heavy (non-hydrogen) atoms. The molecular weight excluding hydrogens is 107 g/mol. The molecule has 0 aromatic rings. The van der Waals surface area contributed by atoms with E-state index in [-0.39, 0.29) is 0 Å². The van der Waals surface area contributed by atoms with Gasteiger partial charge >= 0.3 is 0 Å². The second kappa shape index (κ2) is 2.42. The quantitative estimate of drug-likeness (QED) is 0.493. The van der Waals surface area contributed by atoms with Crippen molar-refractivity contribution in [1.29, 1.82) is 0 Å². The highest BCUT2D eigenvalue weighted by Crippen LogP contribution is 1.93. The van der Waals surface area contributed by atoms with Crippen LogP contribution in [0.25, 0.3) is 0 Å². The summed E-state index contributed by atoms with van der Waals surface area (Å²) in [4.78, 5) is 0. The Morgan fingerprint density at radius 1 is 1.75 bits per heavy atom. The summed E-state index contributed by atoms with van der Waals surface area (Å²) in [6.45, 7) is 3.33. The smallest absolute Gasteiger partial charge is 0.148 e. The second-order valence-corrected chi connectivity index (χ2v) is 2.14. The fraction of sp³-hybridized carbons (Fsp3) is 1.00. The average Bonchev–Trinajstić information content (AvgIpc) is 1.55. The van der Waals surface area contributed by atoms with E-state index in [0.29, 0.717) is 6.04 Å². The Kier molecular flexibility index (Phi) is 1.81. The van der Waals surface area contributed by atoms with Gasteiger partial charge in [-0.05, 0) is 6.92 Å². The molecule has 1 fully saturated rings. The van der Waals surface area contributed by atoms with Crippen molar-refractivity contribution >= 4 is 0 Å². The van der Waals surface area contributed by atoms with Crippen LogP contribution in [-0.2, 0) is 0 Å². The standard InChI is InChI=1S/C5H11FN2/c1-4(6)8-5-2-7-3-5/h4-5,7-8H,2-3H2,1H3. The summed E-state index contributed by atoms with van der Waals surface area (Å²) in [5.41, 5.74) is 0. The summed E-state index contributed by atoms with van der Waals surface area (Å²) in [6.07, 6.45) is -0.859. The number of alkyl halides is 1. The lowest BCUT2D eigenvalue weighted by molar-refractivity contribution is 0.231. The zero-order valence-corrected chi connectivity index (χ0v) is 4.95. The summed E-state index contributed by atoms with van der Waals surface area (Å²) in [5, 5.41) is 5.79. The molecule has 3 heteroatoms. The molecular formula is C5H11FN2. The molecule has 1 heterocycles. The third-order valence-corrected chi connectivity index (χ3v) is 1.25. The minimum Gasteiger partial charge on any atom is -0.314 e. The molecule has 0 amide bonds. The minimum absolute atomic E-state index is 0.370. The fourth-order valence-corrected chi connectivity index (χ4v) is 0.731. The van der Waals surface area contributed by atoms with E-state index in [1.54, 1.807) is 0 Å². The van der Waals surface area contributed by atoms with Gasteiger partial charge in [0.15, 0.2) is 0 Å². The maximum atomic E-state index is 12.0. The number of hydrogen-bond donors (Lipinski definition) is 2. The van der Waals surface area contributed by atoms with Gasteiger partial charge in [-0.25, -0.2) is 4.39 Å². The van der Waals surface area contributed by atoms with E-state index in [9.17, 15) is 4.39 Å². The third-order valence-electron chi connectivity index (χ3n) is 1.25.